The van der Waals surface area contributed by atoms with Gasteiger partial charge in [0.25, 0.3) is 0 Å². The second kappa shape index (κ2) is 7.69. The topological polar surface area (TPSA) is 52.9 Å². The fourth-order valence-corrected chi connectivity index (χ4v) is 2.53. The quantitative estimate of drug-likeness (QED) is 0.816. The highest BCUT2D eigenvalue weighted by Crippen LogP contribution is 2.30. The predicted octanol–water partition coefficient (Wildman–Crippen LogP) is 3.97. The highest BCUT2D eigenvalue weighted by atomic mass is 16.2. The number of amides is 1. The van der Waals surface area contributed by atoms with Crippen molar-refractivity contribution in [2.75, 3.05) is 0 Å². The number of hydrogen-bond acceptors (Lipinski definition) is 2. The van der Waals surface area contributed by atoms with Gasteiger partial charge in [-0.2, -0.15) is 5.26 Å². The zero-order chi connectivity index (χ0) is 15.0. The van der Waals surface area contributed by atoms with Gasteiger partial charge < -0.3 is 5.32 Å². The molecular formula is C17H24N2O. The van der Waals surface area contributed by atoms with Gasteiger partial charge in [0, 0.05) is 0 Å². The molecule has 0 spiro atoms. The van der Waals surface area contributed by atoms with Gasteiger partial charge in [-0.3, -0.25) is 4.79 Å². The molecule has 3 heteroatoms. The lowest BCUT2D eigenvalue weighted by atomic mass is 9.79. The summed E-state index contributed by atoms with van der Waals surface area (Å²) in [5, 5.41) is 12.5. The third-order valence-electron chi connectivity index (χ3n) is 3.65. The van der Waals surface area contributed by atoms with Crippen LogP contribution in [0.15, 0.2) is 30.3 Å². The van der Waals surface area contributed by atoms with Gasteiger partial charge in [-0.25, -0.2) is 0 Å². The Morgan fingerprint density at radius 3 is 2.25 bits per heavy atom. The molecule has 1 atom stereocenters. The van der Waals surface area contributed by atoms with Crippen molar-refractivity contribution in [3.05, 3.63) is 35.9 Å². The second-order valence-electron chi connectivity index (χ2n) is 5.30. The van der Waals surface area contributed by atoms with Gasteiger partial charge in [0.1, 0.15) is 5.41 Å². The minimum Gasteiger partial charge on any atom is -0.348 e. The fourth-order valence-electron chi connectivity index (χ4n) is 2.53. The number of nitrogens with zero attached hydrogens (tertiary/aromatic N) is 1. The molecule has 0 bridgehead atoms. The lowest BCUT2D eigenvalue weighted by molar-refractivity contribution is -0.129. The number of benzene rings is 1. The van der Waals surface area contributed by atoms with Crippen LogP contribution in [0.25, 0.3) is 0 Å². The van der Waals surface area contributed by atoms with Crippen molar-refractivity contribution in [1.29, 1.82) is 5.26 Å². The molecule has 0 aliphatic heterocycles. The van der Waals surface area contributed by atoms with Gasteiger partial charge in [0.05, 0.1) is 12.1 Å². The molecule has 0 unspecified atom stereocenters. The van der Waals surface area contributed by atoms with Crippen LogP contribution in [0.5, 0.6) is 0 Å². The highest BCUT2D eigenvalue weighted by molar-refractivity contribution is 5.85. The van der Waals surface area contributed by atoms with Gasteiger partial charge in [0.15, 0.2) is 0 Å². The van der Waals surface area contributed by atoms with Crippen molar-refractivity contribution < 1.29 is 4.79 Å². The Bertz CT molecular complexity index is 456. The molecule has 0 fully saturated rings. The minimum absolute atomic E-state index is 0.0786. The Hall–Kier alpha value is -1.82. The minimum atomic E-state index is -0.882. The molecule has 1 N–H and O–H groups in total. The summed E-state index contributed by atoms with van der Waals surface area (Å²) in [5.41, 5.74) is 0.174. The largest absolute Gasteiger partial charge is 0.348 e. The van der Waals surface area contributed by atoms with E-state index in [1.165, 1.54) is 0 Å². The first-order valence-electron chi connectivity index (χ1n) is 7.36. The molecule has 0 aliphatic rings. The molecule has 0 heterocycles. The van der Waals surface area contributed by atoms with Crippen LogP contribution in [0.1, 0.15) is 58.1 Å². The first-order chi connectivity index (χ1) is 9.59. The van der Waals surface area contributed by atoms with Crippen LogP contribution in [-0.4, -0.2) is 5.91 Å². The van der Waals surface area contributed by atoms with Crippen molar-refractivity contribution in [3.63, 3.8) is 0 Å². The summed E-state index contributed by atoms with van der Waals surface area (Å²) in [5.74, 6) is -0.139. The first-order valence-corrected chi connectivity index (χ1v) is 7.36. The molecule has 3 nitrogen and oxygen atoms in total. The SMILES string of the molecule is CCCC(C#N)(CCC)C(=O)N[C@H](C)c1ccccc1. The van der Waals surface area contributed by atoms with E-state index in [1.54, 1.807) is 0 Å². The second-order valence-corrected chi connectivity index (χ2v) is 5.30. The summed E-state index contributed by atoms with van der Waals surface area (Å²) < 4.78 is 0. The lowest BCUT2D eigenvalue weighted by Crippen LogP contribution is -2.41. The van der Waals surface area contributed by atoms with E-state index in [9.17, 15) is 10.1 Å². The van der Waals surface area contributed by atoms with Crippen molar-refractivity contribution in [1.82, 2.24) is 5.32 Å². The third kappa shape index (κ3) is 3.84. The Morgan fingerprint density at radius 2 is 1.80 bits per heavy atom. The maximum atomic E-state index is 12.5. The first kappa shape index (κ1) is 16.2. The van der Waals surface area contributed by atoms with Crippen LogP contribution in [0.3, 0.4) is 0 Å². The van der Waals surface area contributed by atoms with E-state index in [-0.39, 0.29) is 11.9 Å². The summed E-state index contributed by atoms with van der Waals surface area (Å²) in [6.45, 7) is 5.97. The van der Waals surface area contributed by atoms with E-state index in [0.29, 0.717) is 12.8 Å². The zero-order valence-electron chi connectivity index (χ0n) is 12.6. The normalized spacial score (nSPS) is 12.5. The van der Waals surface area contributed by atoms with Gasteiger partial charge in [-0.05, 0) is 25.3 Å². The van der Waals surface area contributed by atoms with E-state index < -0.39 is 5.41 Å². The third-order valence-corrected chi connectivity index (χ3v) is 3.65. The molecule has 20 heavy (non-hydrogen) atoms. The molecular weight excluding hydrogens is 248 g/mol. The number of rotatable bonds is 7. The predicted molar refractivity (Wildman–Crippen MR) is 80.9 cm³/mol. The monoisotopic (exact) mass is 272 g/mol. The van der Waals surface area contributed by atoms with Crippen LogP contribution >= 0.6 is 0 Å². The molecule has 1 aromatic rings. The van der Waals surface area contributed by atoms with Gasteiger partial charge in [-0.15, -0.1) is 0 Å². The maximum absolute atomic E-state index is 12.5. The van der Waals surface area contributed by atoms with E-state index in [2.05, 4.69) is 11.4 Å². The smallest absolute Gasteiger partial charge is 0.240 e. The lowest BCUT2D eigenvalue weighted by Gasteiger charge is -2.27. The number of carbonyl (C=O) groups excluding carboxylic acids is 1. The standard InChI is InChI=1S/C17H24N2O/c1-4-11-17(13-18,12-5-2)16(20)19-14(3)15-9-7-6-8-10-15/h6-10,14H,4-5,11-12H2,1-3H3,(H,19,20)/t14-/m1/s1. The van der Waals surface area contributed by atoms with Crippen LogP contribution in [-0.2, 0) is 4.79 Å². The summed E-state index contributed by atoms with van der Waals surface area (Å²) in [4.78, 5) is 12.5. The number of carbonyl (C=O) groups is 1. The summed E-state index contributed by atoms with van der Waals surface area (Å²) in [6, 6.07) is 12.0. The van der Waals surface area contributed by atoms with Gasteiger partial charge >= 0.3 is 0 Å². The molecule has 1 aromatic carbocycles. The van der Waals surface area contributed by atoms with E-state index in [4.69, 9.17) is 0 Å². The van der Waals surface area contributed by atoms with E-state index in [1.807, 2.05) is 51.1 Å². The Morgan fingerprint density at radius 1 is 1.25 bits per heavy atom. The zero-order valence-corrected chi connectivity index (χ0v) is 12.6. The average molecular weight is 272 g/mol. The van der Waals surface area contributed by atoms with Gasteiger partial charge in [0.2, 0.25) is 5.91 Å². The van der Waals surface area contributed by atoms with Crippen LogP contribution in [0, 0.1) is 16.7 Å². The Balaban J connectivity index is 2.84. The Labute approximate surface area is 122 Å². The fraction of sp³-hybridized carbons (Fsp3) is 0.529. The molecule has 0 aromatic heterocycles. The summed E-state index contributed by atoms with van der Waals surface area (Å²) >= 11 is 0. The van der Waals surface area contributed by atoms with Gasteiger partial charge in [-0.1, -0.05) is 57.0 Å². The van der Waals surface area contributed by atoms with E-state index in [0.717, 1.165) is 18.4 Å². The molecule has 108 valence electrons. The van der Waals surface area contributed by atoms with E-state index >= 15 is 0 Å². The molecule has 0 radical (unpaired) electrons. The highest BCUT2D eigenvalue weighted by Gasteiger charge is 2.37. The van der Waals surface area contributed by atoms with Crippen molar-refractivity contribution in [2.24, 2.45) is 5.41 Å². The Kier molecular flexibility index (Phi) is 6.24. The molecule has 0 aliphatic carbocycles. The van der Waals surface area contributed by atoms with Crippen molar-refractivity contribution >= 4 is 5.91 Å². The number of nitrogens with one attached hydrogen (secondary N) is 1. The summed E-state index contributed by atoms with van der Waals surface area (Å²) in [6.07, 6.45) is 2.90. The number of nitriles is 1. The van der Waals surface area contributed by atoms with Crippen LogP contribution in [0.4, 0.5) is 0 Å². The molecule has 1 rings (SSSR count). The van der Waals surface area contributed by atoms with Crippen LogP contribution in [0.2, 0.25) is 0 Å². The van der Waals surface area contributed by atoms with Crippen LogP contribution < -0.4 is 5.32 Å². The average Bonchev–Trinajstić information content (AvgIpc) is 2.47. The maximum Gasteiger partial charge on any atom is 0.240 e. The molecule has 0 saturated carbocycles. The number of hydrogen-bond donors (Lipinski definition) is 1. The molecule has 1 amide bonds. The van der Waals surface area contributed by atoms with Crippen molar-refractivity contribution in [3.8, 4) is 6.07 Å². The molecule has 0 saturated heterocycles. The van der Waals surface area contributed by atoms with Crippen molar-refractivity contribution in [2.45, 2.75) is 52.5 Å². The summed E-state index contributed by atoms with van der Waals surface area (Å²) in [7, 11) is 0.